The average Bonchev–Trinajstić information content (AvgIpc) is 2.62. The highest BCUT2D eigenvalue weighted by Gasteiger charge is 2.14. The number of hydrogen-bond donors (Lipinski definition) is 0. The van der Waals surface area contributed by atoms with Gasteiger partial charge in [0.25, 0.3) is 0 Å². The summed E-state index contributed by atoms with van der Waals surface area (Å²) in [6.45, 7) is 3.03. The Kier molecular flexibility index (Phi) is 3.36. The summed E-state index contributed by atoms with van der Waals surface area (Å²) >= 11 is 0. The van der Waals surface area contributed by atoms with Crippen LogP contribution in [0.15, 0.2) is 42.7 Å². The summed E-state index contributed by atoms with van der Waals surface area (Å²) in [4.78, 5) is 20.1. The van der Waals surface area contributed by atoms with Gasteiger partial charge in [-0.25, -0.2) is 15.0 Å². The largest absolute Gasteiger partial charge is 0.378 e. The normalized spacial score (nSPS) is 15.2. The fraction of sp³-hybridized carbons (Fsp3) is 0.250. The van der Waals surface area contributed by atoms with Gasteiger partial charge in [-0.2, -0.15) is 4.98 Å². The van der Waals surface area contributed by atoms with E-state index >= 15 is 0 Å². The van der Waals surface area contributed by atoms with Crippen LogP contribution in [0.4, 0.5) is 5.95 Å². The van der Waals surface area contributed by atoms with E-state index in [9.17, 15) is 0 Å². The molecule has 1 aliphatic heterocycles. The van der Waals surface area contributed by atoms with E-state index in [-0.39, 0.29) is 0 Å². The monoisotopic (exact) mass is 293 g/mol. The summed E-state index contributed by atoms with van der Waals surface area (Å²) in [5, 5.41) is 0. The zero-order chi connectivity index (χ0) is 14.8. The first-order valence-corrected chi connectivity index (χ1v) is 7.28. The van der Waals surface area contributed by atoms with E-state index in [2.05, 4.69) is 24.8 Å². The molecule has 3 aromatic rings. The van der Waals surface area contributed by atoms with Crippen molar-refractivity contribution in [3.05, 3.63) is 42.7 Å². The SMILES string of the molecule is c1ccc(-c2cnc3nc(N4CCOCC4)ncc3n2)cc1. The fourth-order valence-corrected chi connectivity index (χ4v) is 2.48. The lowest BCUT2D eigenvalue weighted by Crippen LogP contribution is -2.37. The van der Waals surface area contributed by atoms with Crippen LogP contribution >= 0.6 is 0 Å². The van der Waals surface area contributed by atoms with Gasteiger partial charge in [-0.15, -0.1) is 0 Å². The molecule has 4 rings (SSSR count). The minimum Gasteiger partial charge on any atom is -0.378 e. The number of aromatic nitrogens is 4. The zero-order valence-corrected chi connectivity index (χ0v) is 12.0. The van der Waals surface area contributed by atoms with Crippen molar-refractivity contribution in [3.8, 4) is 11.3 Å². The van der Waals surface area contributed by atoms with E-state index < -0.39 is 0 Å². The van der Waals surface area contributed by atoms with E-state index in [0.717, 1.165) is 24.3 Å². The molecule has 0 atom stereocenters. The van der Waals surface area contributed by atoms with Crippen molar-refractivity contribution in [3.63, 3.8) is 0 Å². The minimum absolute atomic E-state index is 0.621. The Morgan fingerprint density at radius 1 is 0.909 bits per heavy atom. The summed E-state index contributed by atoms with van der Waals surface area (Å²) in [5.74, 6) is 0.692. The maximum absolute atomic E-state index is 5.35. The Morgan fingerprint density at radius 3 is 2.55 bits per heavy atom. The van der Waals surface area contributed by atoms with Crippen molar-refractivity contribution >= 4 is 17.1 Å². The van der Waals surface area contributed by atoms with Gasteiger partial charge in [0.1, 0.15) is 5.52 Å². The van der Waals surface area contributed by atoms with Crippen LogP contribution in [0.1, 0.15) is 0 Å². The lowest BCUT2D eigenvalue weighted by Gasteiger charge is -2.26. The van der Waals surface area contributed by atoms with Gasteiger partial charge in [0, 0.05) is 18.7 Å². The van der Waals surface area contributed by atoms with Gasteiger partial charge in [0.2, 0.25) is 5.95 Å². The van der Waals surface area contributed by atoms with Gasteiger partial charge in [0.05, 0.1) is 31.3 Å². The molecule has 0 unspecified atom stereocenters. The second-order valence-corrected chi connectivity index (χ2v) is 5.10. The number of ether oxygens (including phenoxy) is 1. The number of anilines is 1. The van der Waals surface area contributed by atoms with Crippen LogP contribution < -0.4 is 4.90 Å². The third-order valence-corrected chi connectivity index (χ3v) is 3.65. The number of benzene rings is 1. The summed E-state index contributed by atoms with van der Waals surface area (Å²) in [7, 11) is 0. The summed E-state index contributed by atoms with van der Waals surface area (Å²) in [6, 6.07) is 9.98. The molecular formula is C16H15N5O. The molecule has 0 spiro atoms. The third-order valence-electron chi connectivity index (χ3n) is 3.65. The summed E-state index contributed by atoms with van der Waals surface area (Å²) < 4.78 is 5.35. The van der Waals surface area contributed by atoms with Crippen molar-refractivity contribution in [1.29, 1.82) is 0 Å². The Labute approximate surface area is 127 Å². The Hall–Kier alpha value is -2.60. The molecule has 0 saturated carbocycles. The van der Waals surface area contributed by atoms with E-state index in [4.69, 9.17) is 4.74 Å². The quantitative estimate of drug-likeness (QED) is 0.719. The van der Waals surface area contributed by atoms with Gasteiger partial charge in [-0.1, -0.05) is 30.3 Å². The summed E-state index contributed by atoms with van der Waals surface area (Å²) in [6.07, 6.45) is 3.50. The van der Waals surface area contributed by atoms with Crippen molar-refractivity contribution in [2.75, 3.05) is 31.2 Å². The number of nitrogens with zero attached hydrogens (tertiary/aromatic N) is 5. The number of fused-ring (bicyclic) bond motifs is 1. The molecular weight excluding hydrogens is 278 g/mol. The van der Waals surface area contributed by atoms with E-state index in [1.165, 1.54) is 0 Å². The predicted molar refractivity (Wildman–Crippen MR) is 83.6 cm³/mol. The molecule has 0 N–H and O–H groups in total. The van der Waals surface area contributed by atoms with Gasteiger partial charge >= 0.3 is 0 Å². The number of hydrogen-bond acceptors (Lipinski definition) is 6. The van der Waals surface area contributed by atoms with Crippen molar-refractivity contribution < 1.29 is 4.74 Å². The Balaban J connectivity index is 1.70. The standard InChI is InChI=1S/C16H15N5O/c1-2-4-12(5-3-1)13-10-17-15-14(19-13)11-18-16(20-15)21-6-8-22-9-7-21/h1-5,10-11H,6-9H2. The molecule has 6 heteroatoms. The molecule has 1 saturated heterocycles. The number of morpholine rings is 1. The molecule has 0 bridgehead atoms. The molecule has 0 amide bonds. The molecule has 6 nitrogen and oxygen atoms in total. The van der Waals surface area contributed by atoms with Crippen molar-refractivity contribution in [1.82, 2.24) is 19.9 Å². The van der Waals surface area contributed by atoms with Gasteiger partial charge in [-0.05, 0) is 0 Å². The van der Waals surface area contributed by atoms with Crippen LogP contribution in [0.5, 0.6) is 0 Å². The molecule has 1 aliphatic rings. The topological polar surface area (TPSA) is 64.0 Å². The van der Waals surface area contributed by atoms with Gasteiger partial charge in [-0.3, -0.25) is 0 Å². The molecule has 1 aromatic carbocycles. The number of rotatable bonds is 2. The van der Waals surface area contributed by atoms with Crippen LogP contribution in [0, 0.1) is 0 Å². The zero-order valence-electron chi connectivity index (χ0n) is 12.0. The molecule has 3 heterocycles. The van der Waals surface area contributed by atoms with Gasteiger partial charge < -0.3 is 9.64 Å². The minimum atomic E-state index is 0.621. The second kappa shape index (κ2) is 5.65. The predicted octanol–water partition coefficient (Wildman–Crippen LogP) is 1.92. The lowest BCUT2D eigenvalue weighted by molar-refractivity contribution is 0.122. The molecule has 0 radical (unpaired) electrons. The first kappa shape index (κ1) is 13.1. The van der Waals surface area contributed by atoms with Crippen LogP contribution in [-0.2, 0) is 4.74 Å². The third kappa shape index (κ3) is 2.48. The van der Waals surface area contributed by atoms with Crippen LogP contribution in [0.3, 0.4) is 0 Å². The van der Waals surface area contributed by atoms with Crippen LogP contribution in [0.25, 0.3) is 22.4 Å². The molecule has 0 aliphatic carbocycles. The second-order valence-electron chi connectivity index (χ2n) is 5.10. The van der Waals surface area contributed by atoms with Crippen molar-refractivity contribution in [2.24, 2.45) is 0 Å². The highest BCUT2D eigenvalue weighted by atomic mass is 16.5. The highest BCUT2D eigenvalue weighted by molar-refractivity contribution is 5.73. The van der Waals surface area contributed by atoms with Crippen molar-refractivity contribution in [2.45, 2.75) is 0 Å². The van der Waals surface area contributed by atoms with E-state index in [1.54, 1.807) is 12.4 Å². The van der Waals surface area contributed by atoms with Crippen LogP contribution in [0.2, 0.25) is 0 Å². The first-order chi connectivity index (χ1) is 10.9. The molecule has 22 heavy (non-hydrogen) atoms. The average molecular weight is 293 g/mol. The molecule has 1 fully saturated rings. The maximum atomic E-state index is 5.35. The summed E-state index contributed by atoms with van der Waals surface area (Å²) in [5.41, 5.74) is 3.19. The van der Waals surface area contributed by atoms with Gasteiger partial charge in [0.15, 0.2) is 5.65 Å². The Morgan fingerprint density at radius 2 is 1.73 bits per heavy atom. The maximum Gasteiger partial charge on any atom is 0.227 e. The first-order valence-electron chi connectivity index (χ1n) is 7.28. The van der Waals surface area contributed by atoms with E-state index in [0.29, 0.717) is 30.3 Å². The Bertz CT molecular complexity index is 787. The molecule has 2 aromatic heterocycles. The smallest absolute Gasteiger partial charge is 0.227 e. The molecule has 110 valence electrons. The van der Waals surface area contributed by atoms with Crippen LogP contribution in [-0.4, -0.2) is 46.2 Å². The highest BCUT2D eigenvalue weighted by Crippen LogP contribution is 2.19. The fourth-order valence-electron chi connectivity index (χ4n) is 2.48. The lowest BCUT2D eigenvalue weighted by atomic mass is 10.2. The van der Waals surface area contributed by atoms with E-state index in [1.807, 2.05) is 30.3 Å².